The average molecular weight is 287 g/mol. The number of hydrogen-bond acceptors (Lipinski definition) is 5. The zero-order valence-corrected chi connectivity index (χ0v) is 11.6. The van der Waals surface area contributed by atoms with Gasteiger partial charge in [0.15, 0.2) is 5.17 Å². The SMILES string of the molecule is COC1=NC=C(c2ccccc2)C2SC(NC=O)=NC12. The molecule has 0 saturated carbocycles. The largest absolute Gasteiger partial charge is 0.482 e. The minimum absolute atomic E-state index is 0.0762. The molecule has 2 atom stereocenters. The van der Waals surface area contributed by atoms with Gasteiger partial charge in [-0.2, -0.15) is 0 Å². The summed E-state index contributed by atoms with van der Waals surface area (Å²) in [5.74, 6) is 0.574. The van der Waals surface area contributed by atoms with Gasteiger partial charge in [-0.15, -0.1) is 0 Å². The van der Waals surface area contributed by atoms with Crippen LogP contribution in [-0.2, 0) is 9.53 Å². The van der Waals surface area contributed by atoms with E-state index >= 15 is 0 Å². The zero-order chi connectivity index (χ0) is 13.9. The van der Waals surface area contributed by atoms with E-state index in [-0.39, 0.29) is 11.3 Å². The maximum atomic E-state index is 10.6. The molecule has 6 heteroatoms. The molecule has 2 aliphatic heterocycles. The maximum absolute atomic E-state index is 10.6. The van der Waals surface area contributed by atoms with Crippen molar-refractivity contribution in [3.63, 3.8) is 0 Å². The summed E-state index contributed by atoms with van der Waals surface area (Å²) in [5.41, 5.74) is 2.20. The number of nitrogens with one attached hydrogen (secondary N) is 1. The zero-order valence-electron chi connectivity index (χ0n) is 10.8. The standard InChI is InChI=1S/C14H13N3O2S/c1-19-13-11-12(20-14(17-11)16-8-18)10(7-15-13)9-5-3-2-4-6-9/h2-8,11-12H,1H3,(H,16,17,18). The number of methoxy groups -OCH3 is 1. The van der Waals surface area contributed by atoms with Gasteiger partial charge in [0.05, 0.1) is 12.4 Å². The summed E-state index contributed by atoms with van der Waals surface area (Å²) in [6.45, 7) is 0. The monoisotopic (exact) mass is 287 g/mol. The fourth-order valence-corrected chi connectivity index (χ4v) is 3.44. The summed E-state index contributed by atoms with van der Waals surface area (Å²) in [4.78, 5) is 19.4. The molecular formula is C14H13N3O2S. The first-order valence-corrected chi connectivity index (χ1v) is 7.03. The number of carbonyl (C=O) groups excluding carboxylic acids is 1. The van der Waals surface area contributed by atoms with Crippen LogP contribution in [0.2, 0.25) is 0 Å². The van der Waals surface area contributed by atoms with E-state index < -0.39 is 0 Å². The third kappa shape index (κ3) is 2.22. The second-order valence-electron chi connectivity index (χ2n) is 4.30. The molecule has 0 fully saturated rings. The van der Waals surface area contributed by atoms with Gasteiger partial charge in [-0.3, -0.25) is 4.79 Å². The van der Waals surface area contributed by atoms with Crippen molar-refractivity contribution in [2.75, 3.05) is 7.11 Å². The number of amides is 1. The van der Waals surface area contributed by atoms with E-state index in [1.54, 1.807) is 7.11 Å². The average Bonchev–Trinajstić information content (AvgIpc) is 2.91. The Balaban J connectivity index is 1.96. The van der Waals surface area contributed by atoms with Gasteiger partial charge in [0, 0.05) is 6.20 Å². The molecule has 102 valence electrons. The lowest BCUT2D eigenvalue weighted by atomic mass is 9.97. The molecule has 5 nitrogen and oxygen atoms in total. The summed E-state index contributed by atoms with van der Waals surface area (Å²) in [7, 11) is 1.59. The Kier molecular flexibility index (Phi) is 3.56. The van der Waals surface area contributed by atoms with E-state index in [0.717, 1.165) is 11.1 Å². The Morgan fingerprint density at radius 1 is 1.35 bits per heavy atom. The number of aliphatic imine (C=N–C) groups is 2. The summed E-state index contributed by atoms with van der Waals surface area (Å²) in [6, 6.07) is 9.86. The van der Waals surface area contributed by atoms with Crippen LogP contribution in [0.3, 0.4) is 0 Å². The first-order valence-electron chi connectivity index (χ1n) is 6.15. The van der Waals surface area contributed by atoms with Gasteiger partial charge >= 0.3 is 0 Å². The number of benzene rings is 1. The highest BCUT2D eigenvalue weighted by atomic mass is 32.2. The second kappa shape index (κ2) is 5.50. The van der Waals surface area contributed by atoms with E-state index in [1.807, 2.05) is 36.5 Å². The maximum Gasteiger partial charge on any atom is 0.214 e. The highest BCUT2D eigenvalue weighted by Gasteiger charge is 2.39. The first-order chi connectivity index (χ1) is 9.83. The summed E-state index contributed by atoms with van der Waals surface area (Å²) in [5, 5.41) is 3.29. The molecule has 2 unspecified atom stereocenters. The van der Waals surface area contributed by atoms with E-state index in [0.29, 0.717) is 17.5 Å². The molecule has 1 aromatic carbocycles. The van der Waals surface area contributed by atoms with Crippen LogP contribution in [0.15, 0.2) is 46.5 Å². The van der Waals surface area contributed by atoms with Crippen molar-refractivity contribution in [3.05, 3.63) is 42.1 Å². The van der Waals surface area contributed by atoms with Crippen LogP contribution in [0.5, 0.6) is 0 Å². The lowest BCUT2D eigenvalue weighted by Crippen LogP contribution is -2.31. The molecule has 0 spiro atoms. The fourth-order valence-electron chi connectivity index (χ4n) is 2.27. The lowest BCUT2D eigenvalue weighted by molar-refractivity contribution is -0.108. The number of hydrogen-bond donors (Lipinski definition) is 1. The summed E-state index contributed by atoms with van der Waals surface area (Å²) < 4.78 is 5.28. The van der Waals surface area contributed by atoms with Crippen LogP contribution in [-0.4, -0.2) is 35.9 Å². The number of amidine groups is 1. The third-order valence-corrected chi connectivity index (χ3v) is 4.38. The van der Waals surface area contributed by atoms with Crippen LogP contribution < -0.4 is 5.32 Å². The van der Waals surface area contributed by atoms with Gasteiger partial charge in [0.1, 0.15) is 6.04 Å². The highest BCUT2D eigenvalue weighted by molar-refractivity contribution is 8.15. The van der Waals surface area contributed by atoms with Crippen molar-refractivity contribution in [2.45, 2.75) is 11.3 Å². The predicted molar refractivity (Wildman–Crippen MR) is 80.7 cm³/mol. The molecule has 20 heavy (non-hydrogen) atoms. The van der Waals surface area contributed by atoms with E-state index in [9.17, 15) is 4.79 Å². The highest BCUT2D eigenvalue weighted by Crippen LogP contribution is 2.39. The molecule has 1 aromatic rings. The van der Waals surface area contributed by atoms with Crippen molar-refractivity contribution >= 4 is 34.8 Å². The molecule has 0 bridgehead atoms. The minimum Gasteiger partial charge on any atom is -0.482 e. The number of nitrogens with zero attached hydrogens (tertiary/aromatic N) is 2. The normalized spacial score (nSPS) is 24.1. The Morgan fingerprint density at radius 3 is 2.85 bits per heavy atom. The van der Waals surface area contributed by atoms with Crippen LogP contribution in [0, 0.1) is 0 Å². The molecule has 2 heterocycles. The number of thioether (sulfide) groups is 1. The molecule has 0 saturated heterocycles. The molecule has 0 radical (unpaired) electrons. The molecule has 2 aliphatic rings. The lowest BCUT2D eigenvalue weighted by Gasteiger charge is -2.23. The molecule has 0 aliphatic carbocycles. The second-order valence-corrected chi connectivity index (χ2v) is 5.43. The molecular weight excluding hydrogens is 274 g/mol. The van der Waals surface area contributed by atoms with Crippen molar-refractivity contribution in [1.82, 2.24) is 5.32 Å². The number of rotatable bonds is 2. The Hall–Kier alpha value is -2.08. The third-order valence-electron chi connectivity index (χ3n) is 3.17. The fraction of sp³-hybridized carbons (Fsp3) is 0.214. The van der Waals surface area contributed by atoms with Gasteiger partial charge in [0.25, 0.3) is 0 Å². The Bertz CT molecular complexity index is 610. The van der Waals surface area contributed by atoms with Crippen molar-refractivity contribution in [1.29, 1.82) is 0 Å². The van der Waals surface area contributed by atoms with Crippen LogP contribution >= 0.6 is 11.8 Å². The molecule has 1 N–H and O–H groups in total. The van der Waals surface area contributed by atoms with Crippen LogP contribution in [0.1, 0.15) is 5.56 Å². The smallest absolute Gasteiger partial charge is 0.214 e. The van der Waals surface area contributed by atoms with E-state index in [4.69, 9.17) is 4.74 Å². The quantitative estimate of drug-likeness (QED) is 0.842. The molecule has 1 amide bonds. The number of fused-ring (bicyclic) bond motifs is 1. The Morgan fingerprint density at radius 2 is 2.15 bits per heavy atom. The van der Waals surface area contributed by atoms with Gasteiger partial charge in [-0.25, -0.2) is 9.98 Å². The van der Waals surface area contributed by atoms with Crippen LogP contribution in [0.25, 0.3) is 5.57 Å². The topological polar surface area (TPSA) is 63.0 Å². The summed E-state index contributed by atoms with van der Waals surface area (Å²) >= 11 is 1.52. The minimum atomic E-state index is -0.187. The van der Waals surface area contributed by atoms with Crippen molar-refractivity contribution in [2.24, 2.45) is 9.98 Å². The summed E-state index contributed by atoms with van der Waals surface area (Å²) in [6.07, 6.45) is 2.46. The molecule has 3 rings (SSSR count). The van der Waals surface area contributed by atoms with Gasteiger partial charge in [0.2, 0.25) is 12.3 Å². The molecule has 0 aromatic heterocycles. The van der Waals surface area contributed by atoms with Crippen molar-refractivity contribution in [3.8, 4) is 0 Å². The Labute approximate surface area is 120 Å². The van der Waals surface area contributed by atoms with Gasteiger partial charge in [-0.05, 0) is 11.1 Å². The first kappa shape index (κ1) is 12.9. The van der Waals surface area contributed by atoms with Gasteiger partial charge < -0.3 is 10.1 Å². The van der Waals surface area contributed by atoms with E-state index in [1.165, 1.54) is 11.8 Å². The number of carbonyl (C=O) groups is 1. The van der Waals surface area contributed by atoms with Crippen molar-refractivity contribution < 1.29 is 9.53 Å². The van der Waals surface area contributed by atoms with E-state index in [2.05, 4.69) is 15.3 Å². The number of ether oxygens (including phenoxy) is 1. The van der Waals surface area contributed by atoms with Crippen LogP contribution in [0.4, 0.5) is 0 Å². The predicted octanol–water partition coefficient (Wildman–Crippen LogP) is 1.67. The van der Waals surface area contributed by atoms with Gasteiger partial charge in [-0.1, -0.05) is 42.1 Å².